The van der Waals surface area contributed by atoms with Crippen LogP contribution in [0, 0.1) is 0 Å². The number of aliphatic hydroxyl groups is 1. The smallest absolute Gasteiger partial charge is 0.123 e. The molecule has 4 nitrogen and oxygen atoms in total. The molecular weight excluding hydrogens is 276 g/mol. The minimum atomic E-state index is -0.146. The fourth-order valence-corrected chi connectivity index (χ4v) is 2.90. The third kappa shape index (κ3) is 3.45. The van der Waals surface area contributed by atoms with Gasteiger partial charge in [-0.3, -0.25) is 0 Å². The highest BCUT2D eigenvalue weighted by atomic mass is 16.3. The van der Waals surface area contributed by atoms with Gasteiger partial charge in [-0.2, -0.15) is 0 Å². The quantitative estimate of drug-likeness (QED) is 0.888. The molecule has 1 saturated heterocycles. The van der Waals surface area contributed by atoms with Crippen molar-refractivity contribution in [1.82, 2.24) is 0 Å². The molecule has 1 aliphatic heterocycles. The number of benzene rings is 1. The molecule has 0 atom stereocenters. The zero-order chi connectivity index (χ0) is 15.4. The van der Waals surface area contributed by atoms with Gasteiger partial charge >= 0.3 is 0 Å². The highest BCUT2D eigenvalue weighted by Crippen LogP contribution is 2.28. The molecule has 0 saturated carbocycles. The van der Waals surface area contributed by atoms with Crippen LogP contribution in [-0.2, 0) is 13.0 Å². The van der Waals surface area contributed by atoms with E-state index in [9.17, 15) is 5.11 Å². The SMILES string of the molecule is CCc1ccc(CNc2ccccc2N2CCC(O)CC2)o1. The first-order chi connectivity index (χ1) is 10.8. The lowest BCUT2D eigenvalue weighted by Gasteiger charge is -2.32. The number of anilines is 2. The van der Waals surface area contributed by atoms with Gasteiger partial charge in [-0.05, 0) is 37.1 Å². The Morgan fingerprint density at radius 3 is 2.59 bits per heavy atom. The Morgan fingerprint density at radius 1 is 1.14 bits per heavy atom. The van der Waals surface area contributed by atoms with Crippen LogP contribution in [0.15, 0.2) is 40.8 Å². The Hall–Kier alpha value is -1.94. The summed E-state index contributed by atoms with van der Waals surface area (Å²) < 4.78 is 5.74. The van der Waals surface area contributed by atoms with Crippen molar-refractivity contribution in [3.05, 3.63) is 47.9 Å². The number of hydrogen-bond donors (Lipinski definition) is 2. The number of nitrogens with zero attached hydrogens (tertiary/aromatic N) is 1. The molecule has 3 rings (SSSR count). The van der Waals surface area contributed by atoms with Crippen LogP contribution in [0.2, 0.25) is 0 Å². The molecule has 4 heteroatoms. The third-order valence-corrected chi connectivity index (χ3v) is 4.23. The lowest BCUT2D eigenvalue weighted by atomic mass is 10.1. The van der Waals surface area contributed by atoms with E-state index in [0.29, 0.717) is 6.54 Å². The number of aliphatic hydroxyl groups excluding tert-OH is 1. The summed E-state index contributed by atoms with van der Waals surface area (Å²) in [4.78, 5) is 2.34. The maximum Gasteiger partial charge on any atom is 0.123 e. The van der Waals surface area contributed by atoms with E-state index in [1.165, 1.54) is 5.69 Å². The molecule has 0 amide bonds. The molecule has 2 N–H and O–H groups in total. The van der Waals surface area contributed by atoms with Crippen molar-refractivity contribution in [2.24, 2.45) is 0 Å². The minimum Gasteiger partial charge on any atom is -0.464 e. The van der Waals surface area contributed by atoms with Crippen molar-refractivity contribution in [2.75, 3.05) is 23.3 Å². The first kappa shape index (κ1) is 15.0. The fourth-order valence-electron chi connectivity index (χ4n) is 2.90. The van der Waals surface area contributed by atoms with Crippen LogP contribution in [-0.4, -0.2) is 24.3 Å². The van der Waals surface area contributed by atoms with Gasteiger partial charge in [0.05, 0.1) is 24.0 Å². The number of hydrogen-bond acceptors (Lipinski definition) is 4. The van der Waals surface area contributed by atoms with Crippen molar-refractivity contribution < 1.29 is 9.52 Å². The maximum atomic E-state index is 9.67. The van der Waals surface area contributed by atoms with Crippen LogP contribution in [0.1, 0.15) is 31.3 Å². The minimum absolute atomic E-state index is 0.146. The molecule has 1 aromatic carbocycles. The third-order valence-electron chi connectivity index (χ3n) is 4.23. The van der Waals surface area contributed by atoms with Crippen molar-refractivity contribution >= 4 is 11.4 Å². The van der Waals surface area contributed by atoms with Gasteiger partial charge in [-0.15, -0.1) is 0 Å². The lowest BCUT2D eigenvalue weighted by Crippen LogP contribution is -2.36. The summed E-state index contributed by atoms with van der Waals surface area (Å²) in [5, 5.41) is 13.1. The van der Waals surface area contributed by atoms with Gasteiger partial charge in [0.2, 0.25) is 0 Å². The average molecular weight is 300 g/mol. The molecule has 0 aliphatic carbocycles. The normalized spacial score (nSPS) is 16.0. The number of aryl methyl sites for hydroxylation is 1. The molecule has 0 unspecified atom stereocenters. The number of rotatable bonds is 5. The van der Waals surface area contributed by atoms with Crippen LogP contribution in [0.25, 0.3) is 0 Å². The number of para-hydroxylation sites is 2. The van der Waals surface area contributed by atoms with Crippen molar-refractivity contribution in [3.8, 4) is 0 Å². The summed E-state index contributed by atoms with van der Waals surface area (Å²) in [7, 11) is 0. The van der Waals surface area contributed by atoms with E-state index in [1.807, 2.05) is 18.2 Å². The Labute approximate surface area is 131 Å². The number of furan rings is 1. The van der Waals surface area contributed by atoms with Gasteiger partial charge < -0.3 is 19.7 Å². The molecule has 22 heavy (non-hydrogen) atoms. The summed E-state index contributed by atoms with van der Waals surface area (Å²) in [6, 6.07) is 12.4. The van der Waals surface area contributed by atoms with Crippen LogP contribution < -0.4 is 10.2 Å². The van der Waals surface area contributed by atoms with Gasteiger partial charge in [-0.1, -0.05) is 19.1 Å². The Kier molecular flexibility index (Phi) is 4.68. The summed E-state index contributed by atoms with van der Waals surface area (Å²) in [6.45, 7) is 4.59. The average Bonchev–Trinajstić information content (AvgIpc) is 3.02. The maximum absolute atomic E-state index is 9.67. The number of nitrogens with one attached hydrogen (secondary N) is 1. The van der Waals surface area contributed by atoms with Crippen LogP contribution in [0.5, 0.6) is 0 Å². The van der Waals surface area contributed by atoms with Gasteiger partial charge in [0.25, 0.3) is 0 Å². The molecule has 2 aromatic rings. The summed E-state index contributed by atoms with van der Waals surface area (Å²) in [6.07, 6.45) is 2.46. The molecule has 0 bridgehead atoms. The second kappa shape index (κ2) is 6.88. The summed E-state index contributed by atoms with van der Waals surface area (Å²) in [5.74, 6) is 1.98. The fraction of sp³-hybridized carbons (Fsp3) is 0.444. The summed E-state index contributed by atoms with van der Waals surface area (Å²) >= 11 is 0. The standard InChI is InChI=1S/C18H24N2O2/c1-2-15-7-8-16(22-15)13-19-17-5-3-4-6-18(17)20-11-9-14(21)10-12-20/h3-8,14,19,21H,2,9-13H2,1H3. The van der Waals surface area contributed by atoms with E-state index < -0.39 is 0 Å². The zero-order valence-electron chi connectivity index (χ0n) is 13.1. The van der Waals surface area contributed by atoms with E-state index in [2.05, 4.69) is 35.3 Å². The van der Waals surface area contributed by atoms with Gasteiger partial charge in [-0.25, -0.2) is 0 Å². The Morgan fingerprint density at radius 2 is 1.86 bits per heavy atom. The van der Waals surface area contributed by atoms with E-state index in [4.69, 9.17) is 4.42 Å². The van der Waals surface area contributed by atoms with E-state index >= 15 is 0 Å². The monoisotopic (exact) mass is 300 g/mol. The van der Waals surface area contributed by atoms with Crippen molar-refractivity contribution in [1.29, 1.82) is 0 Å². The zero-order valence-corrected chi connectivity index (χ0v) is 13.1. The van der Waals surface area contributed by atoms with Crippen LogP contribution in [0.3, 0.4) is 0 Å². The predicted octanol–water partition coefficient (Wildman–Crippen LogP) is 3.42. The second-order valence-electron chi connectivity index (χ2n) is 5.81. The molecule has 1 aliphatic rings. The molecule has 1 aromatic heterocycles. The molecule has 0 spiro atoms. The first-order valence-electron chi connectivity index (χ1n) is 8.09. The largest absolute Gasteiger partial charge is 0.464 e. The van der Waals surface area contributed by atoms with E-state index in [-0.39, 0.29) is 6.10 Å². The molecule has 0 radical (unpaired) electrons. The van der Waals surface area contributed by atoms with Gasteiger partial charge in [0.15, 0.2) is 0 Å². The van der Waals surface area contributed by atoms with Crippen LogP contribution >= 0.6 is 0 Å². The number of piperidine rings is 1. The lowest BCUT2D eigenvalue weighted by molar-refractivity contribution is 0.145. The van der Waals surface area contributed by atoms with E-state index in [0.717, 1.165) is 49.6 Å². The van der Waals surface area contributed by atoms with E-state index in [1.54, 1.807) is 0 Å². The highest BCUT2D eigenvalue weighted by molar-refractivity contribution is 5.70. The first-order valence-corrected chi connectivity index (χ1v) is 8.09. The molecule has 118 valence electrons. The Balaban J connectivity index is 1.68. The van der Waals surface area contributed by atoms with Crippen molar-refractivity contribution in [3.63, 3.8) is 0 Å². The van der Waals surface area contributed by atoms with Crippen LogP contribution in [0.4, 0.5) is 11.4 Å². The summed E-state index contributed by atoms with van der Waals surface area (Å²) in [5.41, 5.74) is 2.32. The molecule has 1 fully saturated rings. The topological polar surface area (TPSA) is 48.6 Å². The van der Waals surface area contributed by atoms with Gasteiger partial charge in [0, 0.05) is 19.5 Å². The Bertz CT molecular complexity index is 601. The second-order valence-corrected chi connectivity index (χ2v) is 5.81. The predicted molar refractivity (Wildman–Crippen MR) is 89.3 cm³/mol. The highest BCUT2D eigenvalue weighted by Gasteiger charge is 2.19. The van der Waals surface area contributed by atoms with Crippen molar-refractivity contribution in [2.45, 2.75) is 38.8 Å². The molecular formula is C18H24N2O2. The molecule has 2 heterocycles. The van der Waals surface area contributed by atoms with Gasteiger partial charge in [0.1, 0.15) is 11.5 Å².